The summed E-state index contributed by atoms with van der Waals surface area (Å²) in [6.45, 7) is 1.02. The van der Waals surface area contributed by atoms with Gasteiger partial charge in [-0.1, -0.05) is 36.4 Å². The van der Waals surface area contributed by atoms with E-state index in [2.05, 4.69) is 24.1 Å². The maximum absolute atomic E-state index is 13.2. The van der Waals surface area contributed by atoms with Crippen LogP contribution in [0.25, 0.3) is 5.76 Å². The highest BCUT2D eigenvalue weighted by molar-refractivity contribution is 6.07. The number of ether oxygens (including phenoxy) is 2. The van der Waals surface area contributed by atoms with Crippen LogP contribution in [0, 0.1) is 5.92 Å². The number of carbonyl (C=O) groups excluding carboxylic acids is 1. The zero-order chi connectivity index (χ0) is 26.2. The summed E-state index contributed by atoms with van der Waals surface area (Å²) < 4.78 is 51.2. The van der Waals surface area contributed by atoms with E-state index in [1.807, 2.05) is 6.07 Å². The monoisotopic (exact) mass is 515 g/mol. The Bertz CT molecular complexity index is 1290. The van der Waals surface area contributed by atoms with Crippen molar-refractivity contribution in [2.45, 2.75) is 56.0 Å². The Morgan fingerprint density at radius 3 is 2.65 bits per heavy atom. The van der Waals surface area contributed by atoms with Gasteiger partial charge in [0.15, 0.2) is 5.76 Å². The number of likely N-dealkylation sites (tertiary alicyclic amines) is 1. The Balaban J connectivity index is 1.40. The van der Waals surface area contributed by atoms with Gasteiger partial charge in [-0.25, -0.2) is 0 Å². The molecule has 1 saturated carbocycles. The van der Waals surface area contributed by atoms with Crippen LogP contribution in [0.3, 0.4) is 0 Å². The van der Waals surface area contributed by atoms with Crippen molar-refractivity contribution in [1.82, 2.24) is 0 Å². The first-order chi connectivity index (χ1) is 17.5. The molecule has 2 heterocycles. The molecular formula is C28H30F3N2O4+. The molecule has 0 aromatic heterocycles. The third-order valence-corrected chi connectivity index (χ3v) is 9.01. The fourth-order valence-corrected chi connectivity index (χ4v) is 7.43. The van der Waals surface area contributed by atoms with Crippen molar-refractivity contribution in [1.29, 1.82) is 0 Å². The molecule has 2 aromatic rings. The topological polar surface area (TPSA) is 67.8 Å². The minimum Gasteiger partial charge on any atom is -0.504 e. The molecule has 196 valence electrons. The lowest BCUT2D eigenvalue weighted by atomic mass is 9.51. The highest BCUT2D eigenvalue weighted by atomic mass is 19.4. The van der Waals surface area contributed by atoms with Crippen molar-refractivity contribution in [3.05, 3.63) is 64.9 Å². The predicted octanol–water partition coefficient (Wildman–Crippen LogP) is 5.29. The number of nitrogens with one attached hydrogen (secondary N) is 1. The van der Waals surface area contributed by atoms with Crippen LogP contribution in [0.4, 0.5) is 18.9 Å². The fraction of sp³-hybridized carbons (Fsp3) is 0.464. The quantitative estimate of drug-likeness (QED) is 0.330. The minimum absolute atomic E-state index is 0.0136. The van der Waals surface area contributed by atoms with E-state index in [0.29, 0.717) is 23.4 Å². The number of halogens is 3. The van der Waals surface area contributed by atoms with Crippen LogP contribution in [-0.2, 0) is 21.4 Å². The maximum atomic E-state index is 13.2. The molecule has 0 radical (unpaired) electrons. The number of piperidine rings is 1. The van der Waals surface area contributed by atoms with Gasteiger partial charge < -0.3 is 24.4 Å². The minimum atomic E-state index is -5.16. The van der Waals surface area contributed by atoms with E-state index >= 15 is 0 Å². The second kappa shape index (κ2) is 8.15. The Kier molecular flexibility index (Phi) is 5.32. The van der Waals surface area contributed by atoms with Crippen molar-refractivity contribution in [2.75, 3.05) is 26.0 Å². The van der Waals surface area contributed by atoms with Gasteiger partial charge in [-0.2, -0.15) is 0 Å². The molecule has 4 aliphatic rings. The number of aliphatic hydroxyl groups is 1. The largest absolute Gasteiger partial charge is 0.573 e. The van der Waals surface area contributed by atoms with E-state index in [4.69, 9.17) is 4.74 Å². The predicted molar refractivity (Wildman–Crippen MR) is 131 cm³/mol. The number of hydrogen-bond donors (Lipinski definition) is 2. The van der Waals surface area contributed by atoms with E-state index < -0.39 is 23.8 Å². The van der Waals surface area contributed by atoms with Gasteiger partial charge in [0.25, 0.3) is 5.91 Å². The number of quaternary nitrogens is 1. The molecule has 2 aliphatic carbocycles. The molecule has 4 atom stereocenters. The molecule has 1 spiro atoms. The number of likely N-dealkylation sites (N-methyl/N-ethyl adjacent to an activating group) is 1. The molecule has 0 unspecified atom stereocenters. The molecule has 6 rings (SSSR count). The van der Waals surface area contributed by atoms with Crippen LogP contribution in [0.15, 0.2) is 48.2 Å². The smallest absolute Gasteiger partial charge is 0.504 e. The summed E-state index contributed by atoms with van der Waals surface area (Å²) in [5.74, 6) is -2.29. The molecular weight excluding hydrogens is 485 g/mol. The number of alkyl halides is 3. The van der Waals surface area contributed by atoms with Crippen molar-refractivity contribution < 1.29 is 37.0 Å². The first-order valence-electron chi connectivity index (χ1n) is 12.7. The molecule has 2 aliphatic heterocycles. The molecule has 37 heavy (non-hydrogen) atoms. The summed E-state index contributed by atoms with van der Waals surface area (Å²) in [6, 6.07) is 11.7. The van der Waals surface area contributed by atoms with Gasteiger partial charge in [0, 0.05) is 29.9 Å². The lowest BCUT2D eigenvalue weighted by Gasteiger charge is -2.59. The van der Waals surface area contributed by atoms with Crippen molar-refractivity contribution in [3.8, 4) is 5.75 Å². The Morgan fingerprint density at radius 1 is 1.16 bits per heavy atom. The average Bonchev–Trinajstić information content (AvgIpc) is 3.20. The third-order valence-electron chi connectivity index (χ3n) is 9.01. The Labute approximate surface area is 213 Å². The van der Waals surface area contributed by atoms with Crippen LogP contribution in [0.2, 0.25) is 0 Å². The average molecular weight is 516 g/mol. The second-order valence-electron chi connectivity index (χ2n) is 11.2. The number of hydrogen-bond acceptors (Lipinski definition) is 4. The molecule has 2 fully saturated rings. The van der Waals surface area contributed by atoms with Gasteiger partial charge in [-0.3, -0.25) is 4.79 Å². The van der Waals surface area contributed by atoms with E-state index in [1.165, 1.54) is 17.7 Å². The zero-order valence-corrected chi connectivity index (χ0v) is 20.8. The van der Waals surface area contributed by atoms with Gasteiger partial charge in [0.05, 0.1) is 37.8 Å². The lowest BCUT2D eigenvalue weighted by Crippen LogP contribution is -2.69. The Hall–Kier alpha value is -3.20. The number of aliphatic hydroxyl groups excluding tert-OH is 1. The van der Waals surface area contributed by atoms with E-state index in [-0.39, 0.29) is 17.1 Å². The fourth-order valence-electron chi connectivity index (χ4n) is 7.43. The number of benzene rings is 2. The first kappa shape index (κ1) is 24.2. The van der Waals surface area contributed by atoms with E-state index in [0.717, 1.165) is 48.7 Å². The molecule has 1 amide bonds. The van der Waals surface area contributed by atoms with Gasteiger partial charge in [0.1, 0.15) is 11.9 Å². The summed E-state index contributed by atoms with van der Waals surface area (Å²) in [5.41, 5.74) is 2.51. The van der Waals surface area contributed by atoms with Crippen LogP contribution in [-0.4, -0.2) is 54.6 Å². The number of anilines is 1. The van der Waals surface area contributed by atoms with Gasteiger partial charge >= 0.3 is 6.36 Å². The second-order valence-corrected chi connectivity index (χ2v) is 11.2. The maximum Gasteiger partial charge on any atom is 0.573 e. The molecule has 6 nitrogen and oxygen atoms in total. The normalized spacial score (nSPS) is 29.5. The Morgan fingerprint density at radius 2 is 1.92 bits per heavy atom. The van der Waals surface area contributed by atoms with E-state index in [1.54, 1.807) is 24.3 Å². The summed E-state index contributed by atoms with van der Waals surface area (Å²) in [6.07, 6.45) is -0.199. The molecule has 9 heteroatoms. The molecule has 2 N–H and O–H groups in total. The highest BCUT2D eigenvalue weighted by Crippen LogP contribution is 2.64. The summed E-state index contributed by atoms with van der Waals surface area (Å²) >= 11 is 0. The standard InChI is InChI=1S/C28H29F3N2O4/c1-33(2)14-13-27-18-9-6-10-21(27)36-24-19(12-11-17(22(24)27)15-20(18)33)32-26(35)25(37-28(29,30)31)23(34)16-7-4-3-5-8-16/h3-5,7-8,11-12,18,20-21H,6,9-10,13-15H2,1-2H3,(H-,32,34,35)/p+1/t18-,20+,21-,27+/m0/s1. The van der Waals surface area contributed by atoms with Gasteiger partial charge in [-0.15, -0.1) is 13.2 Å². The molecule has 1 saturated heterocycles. The van der Waals surface area contributed by atoms with Crippen molar-refractivity contribution >= 4 is 17.4 Å². The SMILES string of the molecule is C[N+]1(C)CC[C@]23c4c5ccc(NC(=O)C(OC(F)(F)F)=C(O)c6ccccc6)c4O[C@H]2CCC[C@H]3[C@H]1C5. The van der Waals surface area contributed by atoms with Crippen LogP contribution >= 0.6 is 0 Å². The van der Waals surface area contributed by atoms with Gasteiger partial charge in [0.2, 0.25) is 5.76 Å². The van der Waals surface area contributed by atoms with Crippen LogP contribution in [0.1, 0.15) is 42.4 Å². The zero-order valence-electron chi connectivity index (χ0n) is 20.8. The first-order valence-corrected chi connectivity index (χ1v) is 12.7. The van der Waals surface area contributed by atoms with Gasteiger partial charge in [-0.05, 0) is 30.9 Å². The van der Waals surface area contributed by atoms with E-state index in [9.17, 15) is 23.1 Å². The lowest BCUT2D eigenvalue weighted by molar-refractivity contribution is -0.927. The third kappa shape index (κ3) is 3.69. The summed E-state index contributed by atoms with van der Waals surface area (Å²) in [4.78, 5) is 13.2. The number of carbonyl (C=O) groups is 1. The number of amides is 1. The summed E-state index contributed by atoms with van der Waals surface area (Å²) in [5, 5.41) is 13.1. The number of rotatable bonds is 4. The van der Waals surface area contributed by atoms with Crippen LogP contribution in [0.5, 0.6) is 5.75 Å². The van der Waals surface area contributed by atoms with Crippen LogP contribution < -0.4 is 10.1 Å². The number of nitrogens with zero attached hydrogens (tertiary/aromatic N) is 1. The van der Waals surface area contributed by atoms with Crippen molar-refractivity contribution in [3.63, 3.8) is 0 Å². The molecule has 2 bridgehead atoms. The summed E-state index contributed by atoms with van der Waals surface area (Å²) in [7, 11) is 4.59. The molecule has 2 aromatic carbocycles. The highest BCUT2D eigenvalue weighted by Gasteiger charge is 2.66. The van der Waals surface area contributed by atoms with Crippen molar-refractivity contribution in [2.24, 2.45) is 5.92 Å².